The topological polar surface area (TPSA) is 16.1 Å². The molecule has 1 saturated heterocycles. The van der Waals surface area contributed by atoms with Crippen LogP contribution in [0.4, 0.5) is 0 Å². The normalized spacial score (nSPS) is 18.9. The predicted octanol–water partition coefficient (Wildman–Crippen LogP) is 3.62. The Kier molecular flexibility index (Phi) is 4.06. The van der Waals surface area contributed by atoms with Gasteiger partial charge in [-0.15, -0.1) is 0 Å². The summed E-state index contributed by atoms with van der Waals surface area (Å²) in [5.41, 5.74) is 0.892. The molecule has 1 aliphatic rings. The fourth-order valence-corrected chi connectivity index (χ4v) is 2.33. The highest BCUT2D eigenvalue weighted by atomic mass is 35.5. The first-order valence-corrected chi connectivity index (χ1v) is 6.44. The zero-order valence-electron chi connectivity index (χ0n) is 9.42. The quantitative estimate of drug-likeness (QED) is 0.754. The summed E-state index contributed by atoms with van der Waals surface area (Å²) < 4.78 is 0. The van der Waals surface area contributed by atoms with Crippen molar-refractivity contribution in [1.82, 2.24) is 9.88 Å². The molecule has 1 aromatic rings. The van der Waals surface area contributed by atoms with Gasteiger partial charge in [0.05, 0.1) is 10.7 Å². The van der Waals surface area contributed by atoms with Gasteiger partial charge in [-0.05, 0) is 44.0 Å². The summed E-state index contributed by atoms with van der Waals surface area (Å²) in [5.74, 6) is 0.846. The van der Waals surface area contributed by atoms with E-state index in [-0.39, 0.29) is 0 Å². The van der Waals surface area contributed by atoms with Crippen LogP contribution < -0.4 is 0 Å². The highest BCUT2D eigenvalue weighted by Gasteiger charge is 2.17. The monoisotopic (exact) mass is 258 g/mol. The molecular weight excluding hydrogens is 243 g/mol. The van der Waals surface area contributed by atoms with Gasteiger partial charge in [0.25, 0.3) is 0 Å². The van der Waals surface area contributed by atoms with E-state index in [0.717, 1.165) is 31.2 Å². The Labute approximate surface area is 107 Å². The van der Waals surface area contributed by atoms with Gasteiger partial charge in [0.1, 0.15) is 5.15 Å². The Morgan fingerprint density at radius 1 is 1.31 bits per heavy atom. The molecule has 2 nitrogen and oxygen atoms in total. The van der Waals surface area contributed by atoms with E-state index in [4.69, 9.17) is 23.2 Å². The number of hydrogen-bond acceptors (Lipinski definition) is 2. The first-order valence-electron chi connectivity index (χ1n) is 5.68. The van der Waals surface area contributed by atoms with E-state index < -0.39 is 0 Å². The third kappa shape index (κ3) is 3.09. The van der Waals surface area contributed by atoms with Crippen molar-refractivity contribution in [3.8, 4) is 0 Å². The highest BCUT2D eigenvalue weighted by molar-refractivity contribution is 6.32. The van der Waals surface area contributed by atoms with Crippen LogP contribution in [0.5, 0.6) is 0 Å². The van der Waals surface area contributed by atoms with Gasteiger partial charge in [0.15, 0.2) is 0 Å². The number of rotatable bonds is 2. The summed E-state index contributed by atoms with van der Waals surface area (Å²) in [4.78, 5) is 6.67. The van der Waals surface area contributed by atoms with Crippen molar-refractivity contribution < 1.29 is 0 Å². The van der Waals surface area contributed by atoms with E-state index in [1.807, 2.05) is 6.07 Å². The Morgan fingerprint density at radius 3 is 2.69 bits per heavy atom. The van der Waals surface area contributed by atoms with E-state index in [1.54, 1.807) is 6.07 Å². The van der Waals surface area contributed by atoms with Gasteiger partial charge in [-0.25, -0.2) is 4.98 Å². The van der Waals surface area contributed by atoms with Crippen molar-refractivity contribution in [3.05, 3.63) is 28.0 Å². The lowest BCUT2D eigenvalue weighted by molar-refractivity contribution is 0.183. The molecule has 2 heterocycles. The average molecular weight is 259 g/mol. The SMILES string of the molecule is CC1CCN(Cc2nc(Cl)ccc2Cl)CC1. The minimum atomic E-state index is 0.518. The first kappa shape index (κ1) is 12.2. The van der Waals surface area contributed by atoms with Crippen molar-refractivity contribution in [3.63, 3.8) is 0 Å². The molecule has 88 valence electrons. The second-order valence-electron chi connectivity index (χ2n) is 4.52. The second kappa shape index (κ2) is 5.35. The molecule has 4 heteroatoms. The van der Waals surface area contributed by atoms with Gasteiger partial charge in [-0.3, -0.25) is 4.90 Å². The molecule has 0 bridgehead atoms. The molecule has 2 rings (SSSR count). The molecule has 1 aliphatic heterocycles. The Balaban J connectivity index is 2.00. The minimum Gasteiger partial charge on any atom is -0.297 e. The number of halogens is 2. The molecule has 0 N–H and O–H groups in total. The molecule has 0 amide bonds. The summed E-state index contributed by atoms with van der Waals surface area (Å²) in [7, 11) is 0. The Hall–Kier alpha value is -0.310. The van der Waals surface area contributed by atoms with Gasteiger partial charge in [0, 0.05) is 6.54 Å². The zero-order chi connectivity index (χ0) is 11.5. The average Bonchev–Trinajstić information content (AvgIpc) is 2.27. The van der Waals surface area contributed by atoms with Crippen LogP contribution in [0.2, 0.25) is 10.2 Å². The van der Waals surface area contributed by atoms with Gasteiger partial charge < -0.3 is 0 Å². The summed E-state index contributed by atoms with van der Waals surface area (Å²) >= 11 is 12.0. The third-order valence-corrected chi connectivity index (χ3v) is 3.69. The molecule has 1 aromatic heterocycles. The lowest BCUT2D eigenvalue weighted by atomic mass is 9.99. The summed E-state index contributed by atoms with van der Waals surface area (Å²) in [6.45, 7) is 5.38. The number of likely N-dealkylation sites (tertiary alicyclic amines) is 1. The standard InChI is InChI=1S/C12H16Cl2N2/c1-9-4-6-16(7-5-9)8-11-10(13)2-3-12(14)15-11/h2-3,9H,4-8H2,1H3. The van der Waals surface area contributed by atoms with E-state index in [2.05, 4.69) is 16.8 Å². The van der Waals surface area contributed by atoms with Crippen molar-refractivity contribution in [2.45, 2.75) is 26.3 Å². The molecule has 0 unspecified atom stereocenters. The fraction of sp³-hybridized carbons (Fsp3) is 0.583. The van der Waals surface area contributed by atoms with Crippen LogP contribution in [-0.2, 0) is 6.54 Å². The van der Waals surface area contributed by atoms with Gasteiger partial charge in [-0.2, -0.15) is 0 Å². The molecular formula is C12H16Cl2N2. The minimum absolute atomic E-state index is 0.518. The maximum atomic E-state index is 6.10. The van der Waals surface area contributed by atoms with Crippen molar-refractivity contribution in [1.29, 1.82) is 0 Å². The Bertz CT molecular complexity index is 360. The predicted molar refractivity (Wildman–Crippen MR) is 67.9 cm³/mol. The number of nitrogens with zero attached hydrogens (tertiary/aromatic N) is 2. The largest absolute Gasteiger partial charge is 0.297 e. The molecule has 1 fully saturated rings. The van der Waals surface area contributed by atoms with Crippen LogP contribution in [0.3, 0.4) is 0 Å². The van der Waals surface area contributed by atoms with Gasteiger partial charge in [-0.1, -0.05) is 30.1 Å². The maximum Gasteiger partial charge on any atom is 0.129 e. The smallest absolute Gasteiger partial charge is 0.129 e. The lowest BCUT2D eigenvalue weighted by Gasteiger charge is -2.30. The van der Waals surface area contributed by atoms with E-state index >= 15 is 0 Å². The van der Waals surface area contributed by atoms with E-state index in [1.165, 1.54) is 12.8 Å². The third-order valence-electron chi connectivity index (χ3n) is 3.13. The van der Waals surface area contributed by atoms with Crippen LogP contribution in [0.15, 0.2) is 12.1 Å². The number of piperidine rings is 1. The first-order chi connectivity index (χ1) is 7.65. The molecule has 0 aromatic carbocycles. The number of pyridine rings is 1. The highest BCUT2D eigenvalue weighted by Crippen LogP contribution is 2.22. The van der Waals surface area contributed by atoms with Gasteiger partial charge >= 0.3 is 0 Å². The molecule has 0 saturated carbocycles. The molecule has 16 heavy (non-hydrogen) atoms. The number of aromatic nitrogens is 1. The van der Waals surface area contributed by atoms with Crippen LogP contribution in [0.1, 0.15) is 25.5 Å². The van der Waals surface area contributed by atoms with Crippen LogP contribution in [0, 0.1) is 5.92 Å². The maximum absolute atomic E-state index is 6.10. The number of hydrogen-bond donors (Lipinski definition) is 0. The summed E-state index contributed by atoms with van der Waals surface area (Å²) in [6, 6.07) is 3.55. The van der Waals surface area contributed by atoms with Crippen LogP contribution in [-0.4, -0.2) is 23.0 Å². The lowest BCUT2D eigenvalue weighted by Crippen LogP contribution is -2.32. The second-order valence-corrected chi connectivity index (χ2v) is 5.32. The van der Waals surface area contributed by atoms with Crippen LogP contribution >= 0.6 is 23.2 Å². The van der Waals surface area contributed by atoms with Gasteiger partial charge in [0.2, 0.25) is 0 Å². The molecule has 0 aliphatic carbocycles. The fourth-order valence-electron chi connectivity index (χ4n) is 2.00. The van der Waals surface area contributed by atoms with Crippen molar-refractivity contribution >= 4 is 23.2 Å². The summed E-state index contributed by atoms with van der Waals surface area (Å²) in [6.07, 6.45) is 2.52. The van der Waals surface area contributed by atoms with E-state index in [9.17, 15) is 0 Å². The molecule has 0 radical (unpaired) electrons. The zero-order valence-corrected chi connectivity index (χ0v) is 10.9. The van der Waals surface area contributed by atoms with Crippen molar-refractivity contribution in [2.24, 2.45) is 5.92 Å². The van der Waals surface area contributed by atoms with Crippen LogP contribution in [0.25, 0.3) is 0 Å². The van der Waals surface area contributed by atoms with Crippen molar-refractivity contribution in [2.75, 3.05) is 13.1 Å². The molecule has 0 spiro atoms. The Morgan fingerprint density at radius 2 is 2.00 bits per heavy atom. The molecule has 0 atom stereocenters. The van der Waals surface area contributed by atoms with E-state index in [0.29, 0.717) is 10.2 Å². The summed E-state index contributed by atoms with van der Waals surface area (Å²) in [5, 5.41) is 1.23.